The molecule has 0 aliphatic heterocycles. The van der Waals surface area contributed by atoms with Gasteiger partial charge in [0.1, 0.15) is 0 Å². The Morgan fingerprint density at radius 3 is 1.29 bits per heavy atom. The maximum Gasteiger partial charge on any atom is 0.00313 e. The van der Waals surface area contributed by atoms with Gasteiger partial charge in [0.05, 0.1) is 0 Å². The minimum absolute atomic E-state index is 1.12. The van der Waals surface area contributed by atoms with Crippen LogP contribution in [0.2, 0.25) is 0 Å². The van der Waals surface area contributed by atoms with Crippen molar-refractivity contribution in [1.82, 2.24) is 0 Å². The molecule has 0 heterocycles. The molecular formula is C13H26Br. The van der Waals surface area contributed by atoms with Crippen LogP contribution in [-0.2, 0) is 0 Å². The van der Waals surface area contributed by atoms with Crippen molar-refractivity contribution in [2.45, 2.75) is 70.6 Å². The Hall–Kier alpha value is 0.480. The molecule has 0 saturated carbocycles. The van der Waals surface area contributed by atoms with Crippen molar-refractivity contribution < 1.29 is 0 Å². The van der Waals surface area contributed by atoms with E-state index in [1.54, 1.807) is 0 Å². The second kappa shape index (κ2) is 13.5. The number of halogens is 1. The Bertz CT molecular complexity index is 79.2. The predicted molar refractivity (Wildman–Crippen MR) is 69.9 cm³/mol. The van der Waals surface area contributed by atoms with Crippen LogP contribution in [0.3, 0.4) is 0 Å². The summed E-state index contributed by atoms with van der Waals surface area (Å²) in [6.45, 7) is 3.86. The number of hydrogen-bond acceptors (Lipinski definition) is 0. The summed E-state index contributed by atoms with van der Waals surface area (Å²) in [6.07, 6.45) is 15.3. The van der Waals surface area contributed by atoms with Gasteiger partial charge in [-0.05, 0) is 6.42 Å². The molecule has 0 aromatic heterocycles. The van der Waals surface area contributed by atoms with Gasteiger partial charge in [0.15, 0.2) is 0 Å². The van der Waals surface area contributed by atoms with Crippen LogP contribution in [0.1, 0.15) is 70.6 Å². The number of alkyl halides is 1. The maximum absolute atomic E-state index is 3.86. The van der Waals surface area contributed by atoms with E-state index in [0.717, 1.165) is 6.42 Å². The smallest absolute Gasteiger partial charge is 0.00313 e. The zero-order valence-corrected chi connectivity index (χ0v) is 11.2. The lowest BCUT2D eigenvalue weighted by molar-refractivity contribution is 0.558. The standard InChI is InChI=1S/C13H26Br/c1-2-3-4-5-6-7-8-9-10-11-12-13-14/h1-13H2. The molecule has 1 radical (unpaired) electrons. The van der Waals surface area contributed by atoms with Gasteiger partial charge in [0.2, 0.25) is 0 Å². The summed E-state index contributed by atoms with van der Waals surface area (Å²) in [5, 5.41) is 1.18. The molecule has 0 fully saturated rings. The lowest BCUT2D eigenvalue weighted by Gasteiger charge is -2.01. The molecule has 0 unspecified atom stereocenters. The third-order valence-electron chi connectivity index (χ3n) is 2.63. The van der Waals surface area contributed by atoms with Crippen LogP contribution in [0.15, 0.2) is 0 Å². The van der Waals surface area contributed by atoms with Crippen LogP contribution >= 0.6 is 15.9 Å². The molecule has 0 bridgehead atoms. The van der Waals surface area contributed by atoms with E-state index in [-0.39, 0.29) is 0 Å². The van der Waals surface area contributed by atoms with E-state index in [0.29, 0.717) is 0 Å². The molecule has 85 valence electrons. The van der Waals surface area contributed by atoms with Crippen LogP contribution < -0.4 is 0 Å². The molecule has 0 amide bonds. The first kappa shape index (κ1) is 14.5. The minimum Gasteiger partial charge on any atom is -0.0928 e. The van der Waals surface area contributed by atoms with Crippen LogP contribution in [0, 0.1) is 6.92 Å². The lowest BCUT2D eigenvalue weighted by atomic mass is 10.1. The lowest BCUT2D eigenvalue weighted by Crippen LogP contribution is -1.82. The van der Waals surface area contributed by atoms with Gasteiger partial charge in [-0.3, -0.25) is 0 Å². The molecule has 0 N–H and O–H groups in total. The van der Waals surface area contributed by atoms with Crippen LogP contribution in [0.5, 0.6) is 0 Å². The van der Waals surface area contributed by atoms with E-state index in [1.165, 1.54) is 69.5 Å². The van der Waals surface area contributed by atoms with E-state index in [9.17, 15) is 0 Å². The summed E-state index contributed by atoms with van der Waals surface area (Å²) in [5.74, 6) is 0. The number of hydrogen-bond donors (Lipinski definition) is 0. The Labute approximate surface area is 99.0 Å². The van der Waals surface area contributed by atoms with Crippen molar-refractivity contribution in [3.63, 3.8) is 0 Å². The first-order valence-electron chi connectivity index (χ1n) is 6.27. The predicted octanol–water partition coefficient (Wildman–Crippen LogP) is 5.51. The fourth-order valence-corrected chi connectivity index (χ4v) is 2.08. The van der Waals surface area contributed by atoms with Gasteiger partial charge in [-0.25, -0.2) is 0 Å². The third-order valence-corrected chi connectivity index (χ3v) is 3.19. The van der Waals surface area contributed by atoms with E-state index in [1.807, 2.05) is 0 Å². The van der Waals surface area contributed by atoms with Crippen molar-refractivity contribution in [1.29, 1.82) is 0 Å². The van der Waals surface area contributed by atoms with Gasteiger partial charge < -0.3 is 0 Å². The summed E-state index contributed by atoms with van der Waals surface area (Å²) in [7, 11) is 0. The van der Waals surface area contributed by atoms with E-state index in [2.05, 4.69) is 22.9 Å². The van der Waals surface area contributed by atoms with E-state index >= 15 is 0 Å². The quantitative estimate of drug-likeness (QED) is 0.340. The van der Waals surface area contributed by atoms with Gasteiger partial charge in [-0.2, -0.15) is 0 Å². The highest BCUT2D eigenvalue weighted by Crippen LogP contribution is 2.11. The summed E-state index contributed by atoms with van der Waals surface area (Å²) < 4.78 is 0. The van der Waals surface area contributed by atoms with Gasteiger partial charge in [0, 0.05) is 5.33 Å². The van der Waals surface area contributed by atoms with E-state index in [4.69, 9.17) is 0 Å². The largest absolute Gasteiger partial charge is 0.0928 e. The summed E-state index contributed by atoms with van der Waals surface area (Å²) in [6, 6.07) is 0. The zero-order valence-electron chi connectivity index (χ0n) is 9.57. The zero-order chi connectivity index (χ0) is 10.5. The molecule has 0 spiro atoms. The maximum atomic E-state index is 3.86. The molecule has 0 aromatic rings. The van der Waals surface area contributed by atoms with Gasteiger partial charge >= 0.3 is 0 Å². The number of unbranched alkanes of at least 4 members (excludes halogenated alkanes) is 10. The molecule has 0 aliphatic carbocycles. The highest BCUT2D eigenvalue weighted by Gasteiger charge is 1.91. The average molecular weight is 262 g/mol. The molecule has 0 atom stereocenters. The van der Waals surface area contributed by atoms with Crippen molar-refractivity contribution in [2.24, 2.45) is 0 Å². The first-order chi connectivity index (χ1) is 6.91. The topological polar surface area (TPSA) is 0 Å². The second-order valence-corrected chi connectivity index (χ2v) is 4.87. The third kappa shape index (κ3) is 12.5. The summed E-state index contributed by atoms with van der Waals surface area (Å²) in [4.78, 5) is 0. The molecule has 0 aliphatic rings. The van der Waals surface area contributed by atoms with Crippen molar-refractivity contribution in [3.8, 4) is 0 Å². The highest BCUT2D eigenvalue weighted by molar-refractivity contribution is 9.09. The van der Waals surface area contributed by atoms with Gasteiger partial charge in [-0.1, -0.05) is 87.1 Å². The van der Waals surface area contributed by atoms with Gasteiger partial charge in [-0.15, -0.1) is 0 Å². The Kier molecular flexibility index (Phi) is 13.9. The molecule has 14 heavy (non-hydrogen) atoms. The molecule has 0 saturated heterocycles. The van der Waals surface area contributed by atoms with Crippen molar-refractivity contribution in [2.75, 3.05) is 5.33 Å². The first-order valence-corrected chi connectivity index (χ1v) is 7.39. The van der Waals surface area contributed by atoms with Gasteiger partial charge in [0.25, 0.3) is 0 Å². The van der Waals surface area contributed by atoms with Crippen LogP contribution in [0.4, 0.5) is 0 Å². The average Bonchev–Trinajstić information content (AvgIpc) is 2.21. The second-order valence-electron chi connectivity index (χ2n) is 4.08. The fourth-order valence-electron chi connectivity index (χ4n) is 1.69. The molecule has 0 aromatic carbocycles. The van der Waals surface area contributed by atoms with Crippen molar-refractivity contribution >= 4 is 15.9 Å². The molecular weight excluding hydrogens is 236 g/mol. The van der Waals surface area contributed by atoms with Crippen molar-refractivity contribution in [3.05, 3.63) is 6.92 Å². The Morgan fingerprint density at radius 1 is 0.571 bits per heavy atom. The minimum atomic E-state index is 1.12. The highest BCUT2D eigenvalue weighted by atomic mass is 79.9. The number of rotatable bonds is 11. The van der Waals surface area contributed by atoms with Crippen LogP contribution in [-0.4, -0.2) is 5.33 Å². The summed E-state index contributed by atoms with van der Waals surface area (Å²) >= 11 is 3.46. The Balaban J connectivity index is 2.78. The fraction of sp³-hybridized carbons (Fsp3) is 0.923. The molecule has 0 rings (SSSR count). The van der Waals surface area contributed by atoms with Crippen LogP contribution in [0.25, 0.3) is 0 Å². The van der Waals surface area contributed by atoms with E-state index < -0.39 is 0 Å². The molecule has 0 nitrogen and oxygen atoms in total. The Morgan fingerprint density at radius 2 is 0.929 bits per heavy atom. The normalized spacial score (nSPS) is 10.7. The molecule has 1 heteroatoms. The monoisotopic (exact) mass is 261 g/mol. The summed E-state index contributed by atoms with van der Waals surface area (Å²) in [5.41, 5.74) is 0. The SMILES string of the molecule is [CH2]CCCCCCCCCCCCBr.